The number of hydrogen-bond donors (Lipinski definition) is 3. The number of pyridine rings is 1. The Morgan fingerprint density at radius 1 is 1.03 bits per heavy atom. The number of nitrogens with one attached hydrogen (secondary N) is 1. The maximum Gasteiger partial charge on any atom is 0.488 e. The Balaban J connectivity index is 0.000000204. The number of ether oxygens (including phenoxy) is 1. The molecule has 2 aliphatic rings. The Morgan fingerprint density at radius 2 is 1.90 bits per heavy atom. The third-order valence-corrected chi connectivity index (χ3v) is 5.42. The van der Waals surface area contributed by atoms with Crippen LogP contribution in [0, 0.1) is 0 Å². The van der Waals surface area contributed by atoms with E-state index in [-0.39, 0.29) is 0 Å². The maximum absolute atomic E-state index is 8.58. The fourth-order valence-electron chi connectivity index (χ4n) is 3.84. The summed E-state index contributed by atoms with van der Waals surface area (Å²) in [5.41, 5.74) is 4.10. The highest BCUT2D eigenvalue weighted by Gasteiger charge is 2.27. The molecule has 0 radical (unpaired) electrons. The lowest BCUT2D eigenvalue weighted by atomic mass is 9.81. The first-order valence-electron chi connectivity index (χ1n) is 10.3. The predicted molar refractivity (Wildman–Crippen MR) is 120 cm³/mol. The van der Waals surface area contributed by atoms with Crippen molar-refractivity contribution in [1.82, 2.24) is 10.3 Å². The molecule has 0 spiro atoms. The third-order valence-electron chi connectivity index (χ3n) is 5.42. The van der Waals surface area contributed by atoms with Gasteiger partial charge in [0.1, 0.15) is 5.75 Å². The van der Waals surface area contributed by atoms with Gasteiger partial charge in [0.15, 0.2) is 0 Å². The summed E-state index contributed by atoms with van der Waals surface area (Å²) in [7, 11) is -1.34. The molecule has 30 heavy (non-hydrogen) atoms. The summed E-state index contributed by atoms with van der Waals surface area (Å²) in [6.45, 7) is 3.91. The third kappa shape index (κ3) is 4.82. The lowest BCUT2D eigenvalue weighted by Gasteiger charge is -2.36. The lowest BCUT2D eigenvalue weighted by Crippen LogP contribution is -2.51. The molecule has 3 heterocycles. The Bertz CT molecular complexity index is 941. The topological polar surface area (TPSA) is 77.9 Å². The summed E-state index contributed by atoms with van der Waals surface area (Å²) < 4.78 is 5.95. The van der Waals surface area contributed by atoms with Crippen molar-refractivity contribution in [1.29, 1.82) is 0 Å². The normalized spacial score (nSPS) is 17.4. The molecule has 1 atom stereocenters. The molecule has 5 rings (SSSR count). The van der Waals surface area contributed by atoms with Gasteiger partial charge in [-0.2, -0.15) is 0 Å². The molecule has 1 fully saturated rings. The van der Waals surface area contributed by atoms with E-state index in [2.05, 4.69) is 39.5 Å². The molecule has 6 nitrogen and oxygen atoms in total. The van der Waals surface area contributed by atoms with Crippen LogP contribution in [0.2, 0.25) is 0 Å². The van der Waals surface area contributed by atoms with Crippen molar-refractivity contribution in [3.05, 3.63) is 73.1 Å². The lowest BCUT2D eigenvalue weighted by molar-refractivity contribution is 0.304. The number of nitrogens with zero attached hydrogens (tertiary/aromatic N) is 2. The molecule has 0 amide bonds. The number of piperazine rings is 1. The number of hydrogen-bond acceptors (Lipinski definition) is 6. The highest BCUT2D eigenvalue weighted by molar-refractivity contribution is 6.58. The Hall–Kier alpha value is -2.87. The van der Waals surface area contributed by atoms with Crippen LogP contribution in [0.25, 0.3) is 11.1 Å². The average Bonchev–Trinajstić information content (AvgIpc) is 2.99. The summed E-state index contributed by atoms with van der Waals surface area (Å²) in [5, 5.41) is 20.6. The van der Waals surface area contributed by atoms with Gasteiger partial charge >= 0.3 is 7.12 Å². The monoisotopic (exact) mass is 403 g/mol. The largest absolute Gasteiger partial charge is 0.491 e. The van der Waals surface area contributed by atoms with Crippen LogP contribution in [-0.2, 0) is 0 Å². The zero-order chi connectivity index (χ0) is 20.8. The molecule has 0 bridgehead atoms. The van der Waals surface area contributed by atoms with Crippen LogP contribution < -0.4 is 20.4 Å². The van der Waals surface area contributed by atoms with Crippen LogP contribution in [0.5, 0.6) is 5.75 Å². The van der Waals surface area contributed by atoms with Crippen LogP contribution in [0.4, 0.5) is 5.69 Å². The first kappa shape index (κ1) is 20.4. The zero-order valence-corrected chi connectivity index (χ0v) is 16.8. The van der Waals surface area contributed by atoms with Crippen LogP contribution in [0.1, 0.15) is 6.42 Å². The van der Waals surface area contributed by atoms with Crippen molar-refractivity contribution >= 4 is 18.3 Å². The molecule has 0 aliphatic carbocycles. The van der Waals surface area contributed by atoms with E-state index in [1.54, 1.807) is 24.3 Å². The number of anilines is 1. The minimum absolute atomic E-state index is 0.525. The molecule has 1 aromatic heterocycles. The Morgan fingerprint density at radius 3 is 2.63 bits per heavy atom. The molecule has 7 heteroatoms. The molecule has 2 aliphatic heterocycles. The Labute approximate surface area is 177 Å². The first-order chi connectivity index (χ1) is 14.7. The second-order valence-electron chi connectivity index (χ2n) is 7.40. The fraction of sp³-hybridized carbons (Fsp3) is 0.261. The Kier molecular flexibility index (Phi) is 6.64. The van der Waals surface area contributed by atoms with E-state index in [4.69, 9.17) is 14.8 Å². The van der Waals surface area contributed by atoms with E-state index in [1.807, 2.05) is 24.5 Å². The van der Waals surface area contributed by atoms with E-state index in [0.717, 1.165) is 44.0 Å². The van der Waals surface area contributed by atoms with Gasteiger partial charge in [-0.05, 0) is 29.2 Å². The van der Waals surface area contributed by atoms with Crippen molar-refractivity contribution in [3.8, 4) is 16.9 Å². The minimum atomic E-state index is -1.34. The maximum atomic E-state index is 8.58. The van der Waals surface area contributed by atoms with Crippen LogP contribution in [0.15, 0.2) is 73.1 Å². The highest BCUT2D eigenvalue weighted by Crippen LogP contribution is 2.37. The molecule has 154 valence electrons. The number of aromatic nitrogens is 1. The van der Waals surface area contributed by atoms with Crippen LogP contribution in [-0.4, -0.2) is 54.4 Å². The second kappa shape index (κ2) is 9.76. The SMILES string of the molecule is OB(O)c1ccccc1.c1cncc(-c2ccc3c(c2)N2CCNC[C@@H]2CCO3)c1. The summed E-state index contributed by atoms with van der Waals surface area (Å²) in [6, 6.07) is 19.7. The quantitative estimate of drug-likeness (QED) is 0.566. The van der Waals surface area contributed by atoms with E-state index in [9.17, 15) is 0 Å². The van der Waals surface area contributed by atoms with Gasteiger partial charge in [0.05, 0.1) is 12.3 Å². The first-order valence-corrected chi connectivity index (χ1v) is 10.3. The molecule has 3 N–H and O–H groups in total. The van der Waals surface area contributed by atoms with Gasteiger partial charge in [0.2, 0.25) is 0 Å². The summed E-state index contributed by atoms with van der Waals surface area (Å²) in [6.07, 6.45) is 4.79. The van der Waals surface area contributed by atoms with Gasteiger partial charge in [0.25, 0.3) is 0 Å². The van der Waals surface area contributed by atoms with Crippen LogP contribution in [0.3, 0.4) is 0 Å². The molecule has 1 saturated heterocycles. The molecule has 0 unspecified atom stereocenters. The summed E-state index contributed by atoms with van der Waals surface area (Å²) in [5.74, 6) is 1.01. The van der Waals surface area contributed by atoms with E-state index in [1.165, 1.54) is 11.3 Å². The van der Waals surface area contributed by atoms with Gasteiger partial charge in [0, 0.05) is 50.1 Å². The molecule has 3 aromatic rings. The standard InChI is InChI=1S/C17H19N3O.C6H7BO2/c1-2-14(11-18-6-1)13-3-4-17-16(10-13)20-8-7-19-12-15(20)5-9-21-17;8-7(9)6-4-2-1-3-5-6/h1-4,6,10-11,15,19H,5,7-9,12H2;1-5,8-9H/t15-;/m0./s1. The van der Waals surface area contributed by atoms with Crippen LogP contribution >= 0.6 is 0 Å². The van der Waals surface area contributed by atoms with Gasteiger partial charge < -0.3 is 25.0 Å². The van der Waals surface area contributed by atoms with Gasteiger partial charge in [-0.15, -0.1) is 0 Å². The molecular weight excluding hydrogens is 377 g/mol. The molecular formula is C23H26BN3O3. The van der Waals surface area contributed by atoms with Crippen molar-refractivity contribution in [2.45, 2.75) is 12.5 Å². The number of rotatable bonds is 2. The second-order valence-corrected chi connectivity index (χ2v) is 7.40. The van der Waals surface area contributed by atoms with E-state index in [0.29, 0.717) is 11.5 Å². The van der Waals surface area contributed by atoms with Gasteiger partial charge in [-0.1, -0.05) is 42.5 Å². The number of fused-ring (bicyclic) bond motifs is 3. The summed E-state index contributed by atoms with van der Waals surface area (Å²) >= 11 is 0. The van der Waals surface area contributed by atoms with Crippen molar-refractivity contribution in [3.63, 3.8) is 0 Å². The smallest absolute Gasteiger partial charge is 0.488 e. The zero-order valence-electron chi connectivity index (χ0n) is 16.8. The van der Waals surface area contributed by atoms with Crippen molar-refractivity contribution in [2.75, 3.05) is 31.1 Å². The highest BCUT2D eigenvalue weighted by atomic mass is 16.5. The van der Waals surface area contributed by atoms with E-state index >= 15 is 0 Å². The summed E-state index contributed by atoms with van der Waals surface area (Å²) in [4.78, 5) is 6.72. The molecule has 0 saturated carbocycles. The predicted octanol–water partition coefficient (Wildman–Crippen LogP) is 1.68. The van der Waals surface area contributed by atoms with E-state index < -0.39 is 7.12 Å². The number of benzene rings is 2. The minimum Gasteiger partial charge on any atom is -0.491 e. The molecule has 2 aromatic carbocycles. The van der Waals surface area contributed by atoms with Gasteiger partial charge in [-0.25, -0.2) is 0 Å². The van der Waals surface area contributed by atoms with Crippen molar-refractivity contribution in [2.24, 2.45) is 0 Å². The average molecular weight is 403 g/mol. The fourth-order valence-corrected chi connectivity index (χ4v) is 3.84. The van der Waals surface area contributed by atoms with Gasteiger partial charge in [-0.3, -0.25) is 4.98 Å². The van der Waals surface area contributed by atoms with Crippen molar-refractivity contribution < 1.29 is 14.8 Å².